The van der Waals surface area contributed by atoms with E-state index in [1.54, 1.807) is 0 Å². The second-order valence-corrected chi connectivity index (χ2v) is 4.69. The van der Waals surface area contributed by atoms with Crippen LogP contribution in [-0.4, -0.2) is 23.4 Å². The molecule has 0 aromatic rings. The summed E-state index contributed by atoms with van der Waals surface area (Å²) in [7, 11) is 0. The summed E-state index contributed by atoms with van der Waals surface area (Å²) in [4.78, 5) is 0. The first kappa shape index (κ1) is 11.0. The Kier molecular flexibility index (Phi) is 3.74. The Labute approximate surface area is 81.0 Å². The molecule has 0 radical (unpaired) electrons. The minimum Gasteiger partial charge on any atom is -0.396 e. The van der Waals surface area contributed by atoms with Gasteiger partial charge in [-0.2, -0.15) is 0 Å². The molecule has 1 aliphatic carbocycles. The van der Waals surface area contributed by atoms with E-state index < -0.39 is 0 Å². The molecule has 0 saturated heterocycles. The molecule has 2 N–H and O–H groups in total. The predicted octanol–water partition coefficient (Wildman–Crippen LogP) is 1.80. The standard InChI is InChI=1S/C11H22O2/c1-9(2)11(7-12,8-13)10-5-3-4-6-10/h9-10,12-13H,3-8H2,1-2H3. The lowest BCUT2D eigenvalue weighted by Gasteiger charge is -2.39. The van der Waals surface area contributed by atoms with Crippen molar-refractivity contribution in [3.05, 3.63) is 0 Å². The van der Waals surface area contributed by atoms with Crippen molar-refractivity contribution >= 4 is 0 Å². The van der Waals surface area contributed by atoms with Crippen molar-refractivity contribution in [1.29, 1.82) is 0 Å². The van der Waals surface area contributed by atoms with Crippen LogP contribution in [0.5, 0.6) is 0 Å². The summed E-state index contributed by atoms with van der Waals surface area (Å²) < 4.78 is 0. The summed E-state index contributed by atoms with van der Waals surface area (Å²) in [5.74, 6) is 0.896. The van der Waals surface area contributed by atoms with E-state index in [4.69, 9.17) is 0 Å². The maximum Gasteiger partial charge on any atom is 0.0514 e. The van der Waals surface area contributed by atoms with Crippen molar-refractivity contribution in [2.75, 3.05) is 13.2 Å². The summed E-state index contributed by atoms with van der Waals surface area (Å²) in [6.45, 7) is 4.47. The molecule has 2 nitrogen and oxygen atoms in total. The molecule has 0 unspecified atom stereocenters. The van der Waals surface area contributed by atoms with Crippen molar-refractivity contribution in [1.82, 2.24) is 0 Å². The van der Waals surface area contributed by atoms with Gasteiger partial charge in [0.15, 0.2) is 0 Å². The molecule has 1 aliphatic rings. The first-order valence-corrected chi connectivity index (χ1v) is 5.39. The second kappa shape index (κ2) is 4.43. The van der Waals surface area contributed by atoms with Gasteiger partial charge in [-0.15, -0.1) is 0 Å². The summed E-state index contributed by atoms with van der Waals surface area (Å²) in [6, 6.07) is 0. The Morgan fingerprint density at radius 1 is 1.15 bits per heavy atom. The van der Waals surface area contributed by atoms with E-state index in [-0.39, 0.29) is 18.6 Å². The first-order valence-electron chi connectivity index (χ1n) is 5.39. The molecule has 0 heterocycles. The smallest absolute Gasteiger partial charge is 0.0514 e. The lowest BCUT2D eigenvalue weighted by Crippen LogP contribution is -2.41. The molecule has 1 saturated carbocycles. The Balaban J connectivity index is 2.74. The van der Waals surface area contributed by atoms with Crippen molar-refractivity contribution < 1.29 is 10.2 Å². The van der Waals surface area contributed by atoms with E-state index in [1.807, 2.05) is 0 Å². The van der Waals surface area contributed by atoms with Crippen LogP contribution >= 0.6 is 0 Å². The molecule has 0 atom stereocenters. The fraction of sp³-hybridized carbons (Fsp3) is 1.00. The highest BCUT2D eigenvalue weighted by molar-refractivity contribution is 4.90. The zero-order valence-corrected chi connectivity index (χ0v) is 8.79. The highest BCUT2D eigenvalue weighted by Crippen LogP contribution is 2.44. The zero-order valence-electron chi connectivity index (χ0n) is 8.79. The second-order valence-electron chi connectivity index (χ2n) is 4.69. The molecule has 1 rings (SSSR count). The quantitative estimate of drug-likeness (QED) is 0.703. The highest BCUT2D eigenvalue weighted by Gasteiger charge is 2.41. The largest absolute Gasteiger partial charge is 0.396 e. The fourth-order valence-corrected chi connectivity index (χ4v) is 2.65. The van der Waals surface area contributed by atoms with Gasteiger partial charge in [-0.25, -0.2) is 0 Å². The molecule has 78 valence electrons. The van der Waals surface area contributed by atoms with E-state index in [0.29, 0.717) is 11.8 Å². The number of aliphatic hydroxyl groups excluding tert-OH is 2. The minimum atomic E-state index is -0.226. The van der Waals surface area contributed by atoms with Crippen LogP contribution < -0.4 is 0 Å². The maximum atomic E-state index is 9.45. The highest BCUT2D eigenvalue weighted by atomic mass is 16.3. The van der Waals surface area contributed by atoms with Gasteiger partial charge >= 0.3 is 0 Å². The summed E-state index contributed by atoms with van der Waals surface area (Å²) in [5, 5.41) is 18.9. The Hall–Kier alpha value is -0.0800. The van der Waals surface area contributed by atoms with E-state index in [9.17, 15) is 10.2 Å². The van der Waals surface area contributed by atoms with Crippen molar-refractivity contribution in [3.8, 4) is 0 Å². The number of hydrogen-bond donors (Lipinski definition) is 2. The zero-order chi connectivity index (χ0) is 9.90. The normalized spacial score (nSPS) is 20.1. The molecule has 0 aliphatic heterocycles. The van der Waals surface area contributed by atoms with Crippen molar-refractivity contribution in [2.45, 2.75) is 39.5 Å². The molecule has 0 spiro atoms. The topological polar surface area (TPSA) is 40.5 Å². The van der Waals surface area contributed by atoms with Gasteiger partial charge in [0.05, 0.1) is 13.2 Å². The molecule has 0 bridgehead atoms. The average molecular weight is 186 g/mol. The van der Waals surface area contributed by atoms with E-state index in [2.05, 4.69) is 13.8 Å². The Morgan fingerprint density at radius 3 is 1.92 bits per heavy atom. The van der Waals surface area contributed by atoms with Crippen LogP contribution in [0.3, 0.4) is 0 Å². The van der Waals surface area contributed by atoms with Gasteiger partial charge in [0.1, 0.15) is 0 Å². The lowest BCUT2D eigenvalue weighted by atomic mass is 9.68. The van der Waals surface area contributed by atoms with E-state index in [0.717, 1.165) is 0 Å². The molecule has 0 amide bonds. The monoisotopic (exact) mass is 186 g/mol. The molecule has 1 fully saturated rings. The van der Waals surface area contributed by atoms with E-state index in [1.165, 1.54) is 25.7 Å². The van der Waals surface area contributed by atoms with Gasteiger partial charge in [-0.05, 0) is 24.7 Å². The van der Waals surface area contributed by atoms with Crippen LogP contribution in [0.1, 0.15) is 39.5 Å². The minimum absolute atomic E-state index is 0.131. The third-order valence-corrected chi connectivity index (χ3v) is 3.91. The van der Waals surface area contributed by atoms with Crippen LogP contribution in [0.2, 0.25) is 0 Å². The van der Waals surface area contributed by atoms with Gasteiger partial charge in [0.2, 0.25) is 0 Å². The van der Waals surface area contributed by atoms with Gasteiger partial charge in [0.25, 0.3) is 0 Å². The number of rotatable bonds is 4. The average Bonchev–Trinajstić information content (AvgIpc) is 2.60. The first-order chi connectivity index (χ1) is 6.17. The molecule has 0 aromatic heterocycles. The Bertz CT molecular complexity index is 144. The van der Waals surface area contributed by atoms with Crippen LogP contribution in [-0.2, 0) is 0 Å². The fourth-order valence-electron chi connectivity index (χ4n) is 2.65. The van der Waals surface area contributed by atoms with Crippen LogP contribution in [0.15, 0.2) is 0 Å². The molecular weight excluding hydrogens is 164 g/mol. The number of aliphatic hydroxyl groups is 2. The third-order valence-electron chi connectivity index (χ3n) is 3.91. The van der Waals surface area contributed by atoms with Crippen LogP contribution in [0.25, 0.3) is 0 Å². The van der Waals surface area contributed by atoms with Crippen LogP contribution in [0, 0.1) is 17.3 Å². The van der Waals surface area contributed by atoms with E-state index >= 15 is 0 Å². The van der Waals surface area contributed by atoms with Gasteiger partial charge in [-0.3, -0.25) is 0 Å². The molecular formula is C11H22O2. The summed E-state index contributed by atoms with van der Waals surface area (Å²) >= 11 is 0. The third kappa shape index (κ3) is 1.89. The summed E-state index contributed by atoms with van der Waals surface area (Å²) in [6.07, 6.45) is 4.89. The van der Waals surface area contributed by atoms with Crippen LogP contribution in [0.4, 0.5) is 0 Å². The van der Waals surface area contributed by atoms with Gasteiger partial charge < -0.3 is 10.2 Å². The lowest BCUT2D eigenvalue weighted by molar-refractivity contribution is -0.0315. The molecule has 0 aromatic carbocycles. The number of hydrogen-bond acceptors (Lipinski definition) is 2. The predicted molar refractivity (Wildman–Crippen MR) is 53.4 cm³/mol. The van der Waals surface area contributed by atoms with Crippen molar-refractivity contribution in [3.63, 3.8) is 0 Å². The SMILES string of the molecule is CC(C)C(CO)(CO)C1CCCC1. The summed E-state index contributed by atoms with van der Waals surface area (Å²) in [5.41, 5.74) is -0.226. The maximum absolute atomic E-state index is 9.45. The van der Waals surface area contributed by atoms with Gasteiger partial charge in [-0.1, -0.05) is 26.7 Å². The van der Waals surface area contributed by atoms with Gasteiger partial charge in [0, 0.05) is 5.41 Å². The molecule has 2 heteroatoms. The Morgan fingerprint density at radius 2 is 1.62 bits per heavy atom. The van der Waals surface area contributed by atoms with Crippen molar-refractivity contribution in [2.24, 2.45) is 17.3 Å². The molecule has 13 heavy (non-hydrogen) atoms.